The molecule has 140 valence electrons. The van der Waals surface area contributed by atoms with Gasteiger partial charge in [0.15, 0.2) is 0 Å². The number of nitrogens with zero attached hydrogens (tertiary/aromatic N) is 3. The lowest BCUT2D eigenvalue weighted by molar-refractivity contribution is -0.116. The van der Waals surface area contributed by atoms with Crippen molar-refractivity contribution in [2.24, 2.45) is 7.05 Å². The fraction of sp³-hybridized carbons (Fsp3) is 0.333. The Balaban J connectivity index is 1.41. The number of aryl methyl sites for hydroxylation is 1. The number of carbonyl (C=O) groups is 1. The van der Waals surface area contributed by atoms with E-state index in [9.17, 15) is 4.79 Å². The molecule has 1 aliphatic heterocycles. The first-order chi connectivity index (χ1) is 13.2. The third kappa shape index (κ3) is 3.86. The predicted octanol–water partition coefficient (Wildman–Crippen LogP) is 2.55. The van der Waals surface area contributed by atoms with Crippen LogP contribution in [0.3, 0.4) is 0 Å². The first kappa shape index (κ1) is 17.7. The molecular weight excluding hydrogens is 338 g/mol. The molecule has 6 heteroatoms. The monoisotopic (exact) mass is 363 g/mol. The minimum atomic E-state index is 0.0449. The summed E-state index contributed by atoms with van der Waals surface area (Å²) in [6.07, 6.45) is 4.26. The molecule has 1 atom stereocenters. The maximum atomic E-state index is 12.6. The number of nitrogens with one attached hydrogen (secondary N) is 2. The molecule has 2 heterocycles. The molecule has 1 saturated heterocycles. The average molecular weight is 363 g/mol. The van der Waals surface area contributed by atoms with Gasteiger partial charge in [-0.05, 0) is 11.5 Å². The molecule has 2 aromatic carbocycles. The normalized spacial score (nSPS) is 17.9. The van der Waals surface area contributed by atoms with Gasteiger partial charge in [-0.15, -0.1) is 0 Å². The lowest BCUT2D eigenvalue weighted by Crippen LogP contribution is -2.47. The second-order valence-electron chi connectivity index (χ2n) is 6.98. The van der Waals surface area contributed by atoms with E-state index in [1.165, 1.54) is 0 Å². The number of carbonyl (C=O) groups excluding carboxylic acids is 1. The Morgan fingerprint density at radius 2 is 2.11 bits per heavy atom. The first-order valence-corrected chi connectivity index (χ1v) is 9.42. The molecule has 6 nitrogen and oxygen atoms in total. The Hall–Kier alpha value is -2.70. The summed E-state index contributed by atoms with van der Waals surface area (Å²) in [5.41, 5.74) is 0.874. The maximum Gasteiger partial charge on any atom is 0.225 e. The van der Waals surface area contributed by atoms with Gasteiger partial charge in [-0.3, -0.25) is 9.69 Å². The molecule has 3 aromatic rings. The highest BCUT2D eigenvalue weighted by molar-refractivity contribution is 6.02. The molecule has 1 aromatic heterocycles. The van der Waals surface area contributed by atoms with Gasteiger partial charge < -0.3 is 15.2 Å². The molecule has 1 amide bonds. The summed E-state index contributed by atoms with van der Waals surface area (Å²) < 4.78 is 2.06. The van der Waals surface area contributed by atoms with Crippen LogP contribution in [0.15, 0.2) is 54.9 Å². The summed E-state index contributed by atoms with van der Waals surface area (Å²) in [4.78, 5) is 19.4. The molecule has 2 N–H and O–H groups in total. The van der Waals surface area contributed by atoms with E-state index < -0.39 is 0 Å². The van der Waals surface area contributed by atoms with Gasteiger partial charge in [-0.25, -0.2) is 4.98 Å². The highest BCUT2D eigenvalue weighted by Gasteiger charge is 2.26. The van der Waals surface area contributed by atoms with Gasteiger partial charge in [0, 0.05) is 63.1 Å². The standard InChI is InChI=1S/C21H25N5O/c1-25-13-11-23-21(25)19-15-22-10-14-26(19)12-9-20(27)24-18-8-4-6-16-5-2-3-7-17(16)18/h2-8,11,13,19,22H,9-10,12,14-15H2,1H3,(H,24,27). The first-order valence-electron chi connectivity index (χ1n) is 9.42. The summed E-state index contributed by atoms with van der Waals surface area (Å²) in [5.74, 6) is 1.08. The van der Waals surface area contributed by atoms with E-state index in [0.717, 1.165) is 48.5 Å². The summed E-state index contributed by atoms with van der Waals surface area (Å²) in [6.45, 7) is 3.43. The number of hydrogen-bond acceptors (Lipinski definition) is 4. The zero-order chi connectivity index (χ0) is 18.6. The third-order valence-electron chi connectivity index (χ3n) is 5.20. The van der Waals surface area contributed by atoms with Crippen molar-refractivity contribution in [2.45, 2.75) is 12.5 Å². The molecule has 27 heavy (non-hydrogen) atoms. The van der Waals surface area contributed by atoms with Gasteiger partial charge >= 0.3 is 0 Å². The Bertz CT molecular complexity index is 930. The van der Waals surface area contributed by atoms with Crippen LogP contribution >= 0.6 is 0 Å². The highest BCUT2D eigenvalue weighted by Crippen LogP contribution is 2.24. The number of aromatic nitrogens is 2. The van der Waals surface area contributed by atoms with Gasteiger partial charge in [0.25, 0.3) is 0 Å². The van der Waals surface area contributed by atoms with Crippen molar-refractivity contribution in [3.63, 3.8) is 0 Å². The van der Waals surface area contributed by atoms with Crippen molar-refractivity contribution in [3.8, 4) is 0 Å². The lowest BCUT2D eigenvalue weighted by Gasteiger charge is -2.35. The van der Waals surface area contributed by atoms with Crippen LogP contribution in [-0.2, 0) is 11.8 Å². The Morgan fingerprint density at radius 3 is 2.96 bits per heavy atom. The van der Waals surface area contributed by atoms with Gasteiger partial charge in [-0.1, -0.05) is 36.4 Å². The topological polar surface area (TPSA) is 62.2 Å². The van der Waals surface area contributed by atoms with E-state index in [-0.39, 0.29) is 11.9 Å². The van der Waals surface area contributed by atoms with Crippen molar-refractivity contribution >= 4 is 22.4 Å². The Labute approximate surface area is 159 Å². The fourth-order valence-electron chi connectivity index (χ4n) is 3.76. The number of piperazine rings is 1. The molecule has 4 rings (SSSR count). The number of benzene rings is 2. The fourth-order valence-corrected chi connectivity index (χ4v) is 3.76. The van der Waals surface area contributed by atoms with Crippen molar-refractivity contribution in [3.05, 3.63) is 60.7 Å². The zero-order valence-electron chi connectivity index (χ0n) is 15.6. The number of imidazole rings is 1. The molecule has 1 unspecified atom stereocenters. The van der Waals surface area contributed by atoms with Crippen LogP contribution in [0.4, 0.5) is 5.69 Å². The third-order valence-corrected chi connectivity index (χ3v) is 5.20. The minimum absolute atomic E-state index is 0.0449. The number of rotatable bonds is 5. The van der Waals surface area contributed by atoms with E-state index in [4.69, 9.17) is 0 Å². The molecule has 0 saturated carbocycles. The van der Waals surface area contributed by atoms with Crippen molar-refractivity contribution < 1.29 is 4.79 Å². The average Bonchev–Trinajstić information content (AvgIpc) is 3.13. The van der Waals surface area contributed by atoms with Crippen LogP contribution < -0.4 is 10.6 Å². The van der Waals surface area contributed by atoms with Crippen molar-refractivity contribution in [1.29, 1.82) is 0 Å². The van der Waals surface area contributed by atoms with Gasteiger partial charge in [0.1, 0.15) is 5.82 Å². The van der Waals surface area contributed by atoms with E-state index in [0.29, 0.717) is 6.42 Å². The smallest absolute Gasteiger partial charge is 0.225 e. The van der Waals surface area contributed by atoms with Gasteiger partial charge in [0.2, 0.25) is 5.91 Å². The predicted molar refractivity (Wildman–Crippen MR) is 108 cm³/mol. The largest absolute Gasteiger partial charge is 0.337 e. The van der Waals surface area contributed by atoms with Gasteiger partial charge in [0.05, 0.1) is 6.04 Å². The summed E-state index contributed by atoms with van der Waals surface area (Å²) in [7, 11) is 2.02. The van der Waals surface area contributed by atoms with Crippen LogP contribution in [-0.4, -0.2) is 46.5 Å². The van der Waals surface area contributed by atoms with Crippen LogP contribution in [0.2, 0.25) is 0 Å². The van der Waals surface area contributed by atoms with Crippen molar-refractivity contribution in [2.75, 3.05) is 31.5 Å². The van der Waals surface area contributed by atoms with E-state index in [2.05, 4.69) is 37.2 Å². The van der Waals surface area contributed by atoms with Crippen LogP contribution in [0, 0.1) is 0 Å². The van der Waals surface area contributed by atoms with Crippen LogP contribution in [0.5, 0.6) is 0 Å². The second-order valence-corrected chi connectivity index (χ2v) is 6.98. The van der Waals surface area contributed by atoms with Crippen LogP contribution in [0.1, 0.15) is 18.3 Å². The molecule has 0 radical (unpaired) electrons. The highest BCUT2D eigenvalue weighted by atomic mass is 16.1. The Morgan fingerprint density at radius 1 is 1.26 bits per heavy atom. The molecule has 1 aliphatic rings. The lowest BCUT2D eigenvalue weighted by atomic mass is 10.1. The molecule has 0 spiro atoms. The minimum Gasteiger partial charge on any atom is -0.337 e. The Kier molecular flexibility index (Phi) is 5.18. The van der Waals surface area contributed by atoms with Crippen LogP contribution in [0.25, 0.3) is 10.8 Å². The number of anilines is 1. The molecule has 0 bridgehead atoms. The molecule has 0 aliphatic carbocycles. The number of amides is 1. The zero-order valence-corrected chi connectivity index (χ0v) is 15.6. The summed E-state index contributed by atoms with van der Waals surface area (Å²) in [6, 6.07) is 14.3. The van der Waals surface area contributed by atoms with E-state index in [1.807, 2.05) is 49.8 Å². The second kappa shape index (κ2) is 7.90. The quantitative estimate of drug-likeness (QED) is 0.731. The van der Waals surface area contributed by atoms with Gasteiger partial charge in [-0.2, -0.15) is 0 Å². The van der Waals surface area contributed by atoms with E-state index in [1.54, 1.807) is 0 Å². The maximum absolute atomic E-state index is 12.6. The number of fused-ring (bicyclic) bond motifs is 1. The number of hydrogen-bond donors (Lipinski definition) is 2. The molecule has 1 fully saturated rings. The molecular formula is C21H25N5O. The SMILES string of the molecule is Cn1ccnc1C1CNCCN1CCC(=O)Nc1cccc2ccccc12. The van der Waals surface area contributed by atoms with Crippen molar-refractivity contribution in [1.82, 2.24) is 19.8 Å². The summed E-state index contributed by atoms with van der Waals surface area (Å²) >= 11 is 0. The summed E-state index contributed by atoms with van der Waals surface area (Å²) in [5, 5.41) is 8.72. The van der Waals surface area contributed by atoms with E-state index >= 15 is 0 Å².